The molecule has 1 aromatic heterocycles. The summed E-state index contributed by atoms with van der Waals surface area (Å²) in [5.74, 6) is 2.59. The molecule has 1 saturated heterocycles. The van der Waals surface area contributed by atoms with Gasteiger partial charge < -0.3 is 18.6 Å². The quantitative estimate of drug-likeness (QED) is 0.720. The molecule has 3 rings (SSSR count). The van der Waals surface area contributed by atoms with E-state index in [4.69, 9.17) is 23.6 Å². The maximum absolute atomic E-state index is 11.7. The van der Waals surface area contributed by atoms with E-state index in [9.17, 15) is 4.79 Å². The van der Waals surface area contributed by atoms with Crippen LogP contribution >= 0.6 is 0 Å². The summed E-state index contributed by atoms with van der Waals surface area (Å²) >= 11 is 0. The van der Waals surface area contributed by atoms with Gasteiger partial charge >= 0.3 is 5.97 Å². The number of aryl methyl sites for hydroxylation is 1. The summed E-state index contributed by atoms with van der Waals surface area (Å²) in [5, 5.41) is 0. The molecular formula is C20H26N2O5. The van der Waals surface area contributed by atoms with Gasteiger partial charge in [0.2, 0.25) is 5.89 Å². The number of nitrogens with zero attached hydrogens (tertiary/aromatic N) is 2. The van der Waals surface area contributed by atoms with Crippen molar-refractivity contribution in [2.75, 3.05) is 34.4 Å². The lowest BCUT2D eigenvalue weighted by Crippen LogP contribution is -2.36. The van der Waals surface area contributed by atoms with Crippen molar-refractivity contribution in [3.05, 3.63) is 29.7 Å². The van der Waals surface area contributed by atoms with Gasteiger partial charge in [0.05, 0.1) is 38.5 Å². The molecule has 2 heterocycles. The van der Waals surface area contributed by atoms with Gasteiger partial charge in [-0.3, -0.25) is 9.69 Å². The molecule has 146 valence electrons. The first-order valence-corrected chi connectivity index (χ1v) is 9.04. The summed E-state index contributed by atoms with van der Waals surface area (Å²) in [6.45, 7) is 4.28. The second kappa shape index (κ2) is 8.43. The van der Waals surface area contributed by atoms with Crippen molar-refractivity contribution in [2.45, 2.75) is 26.3 Å². The minimum Gasteiger partial charge on any atom is -0.497 e. The first-order chi connectivity index (χ1) is 13.0. The van der Waals surface area contributed by atoms with Crippen molar-refractivity contribution < 1.29 is 23.4 Å². The van der Waals surface area contributed by atoms with Crippen molar-refractivity contribution in [3.63, 3.8) is 0 Å². The van der Waals surface area contributed by atoms with Crippen molar-refractivity contribution in [1.82, 2.24) is 9.88 Å². The highest BCUT2D eigenvalue weighted by molar-refractivity contribution is 5.72. The van der Waals surface area contributed by atoms with E-state index in [1.807, 2.05) is 25.1 Å². The second-order valence-electron chi connectivity index (χ2n) is 6.66. The summed E-state index contributed by atoms with van der Waals surface area (Å²) < 4.78 is 21.5. The Balaban J connectivity index is 1.73. The Bertz CT molecular complexity index is 794. The zero-order valence-corrected chi connectivity index (χ0v) is 16.3. The number of hydrogen-bond donors (Lipinski definition) is 0. The van der Waals surface area contributed by atoms with Crippen LogP contribution in [-0.4, -0.2) is 50.3 Å². The third-order valence-electron chi connectivity index (χ3n) is 5.03. The number of aromatic nitrogens is 1. The van der Waals surface area contributed by atoms with Gasteiger partial charge in [-0.1, -0.05) is 0 Å². The van der Waals surface area contributed by atoms with Crippen molar-refractivity contribution in [2.24, 2.45) is 5.92 Å². The lowest BCUT2D eigenvalue weighted by atomic mass is 9.97. The molecule has 1 aliphatic rings. The van der Waals surface area contributed by atoms with E-state index in [-0.39, 0.29) is 11.9 Å². The molecular weight excluding hydrogens is 348 g/mol. The number of oxazole rings is 1. The molecule has 0 bridgehead atoms. The van der Waals surface area contributed by atoms with Crippen LogP contribution < -0.4 is 9.47 Å². The number of rotatable bonds is 6. The predicted molar refractivity (Wildman–Crippen MR) is 99.8 cm³/mol. The highest BCUT2D eigenvalue weighted by Gasteiger charge is 2.26. The Morgan fingerprint density at radius 3 is 2.59 bits per heavy atom. The Hall–Kier alpha value is -2.54. The van der Waals surface area contributed by atoms with Gasteiger partial charge in [-0.25, -0.2) is 4.98 Å². The van der Waals surface area contributed by atoms with Crippen molar-refractivity contribution in [3.8, 4) is 23.0 Å². The largest absolute Gasteiger partial charge is 0.497 e. The number of carbonyl (C=O) groups is 1. The van der Waals surface area contributed by atoms with E-state index >= 15 is 0 Å². The Morgan fingerprint density at radius 2 is 1.96 bits per heavy atom. The molecule has 0 radical (unpaired) electrons. The second-order valence-corrected chi connectivity index (χ2v) is 6.66. The number of ether oxygens (including phenoxy) is 3. The zero-order valence-electron chi connectivity index (χ0n) is 16.3. The fourth-order valence-electron chi connectivity index (χ4n) is 3.38. The zero-order chi connectivity index (χ0) is 19.4. The van der Waals surface area contributed by atoms with Crippen LogP contribution in [0.5, 0.6) is 11.5 Å². The molecule has 0 N–H and O–H groups in total. The van der Waals surface area contributed by atoms with E-state index in [0.29, 0.717) is 23.9 Å². The van der Waals surface area contributed by atoms with E-state index in [1.54, 1.807) is 14.2 Å². The standard InChI is InChI=1S/C20H26N2O5/c1-13-17(12-22-9-7-14(8-10-22)20(23)26-4)21-19(27-13)16-11-15(24-2)5-6-18(16)25-3/h5-6,11,14H,7-10,12H2,1-4H3. The van der Waals surface area contributed by atoms with Gasteiger partial charge in [0.1, 0.15) is 17.3 Å². The van der Waals surface area contributed by atoms with Crippen molar-refractivity contribution in [1.29, 1.82) is 0 Å². The van der Waals surface area contributed by atoms with Crippen LogP contribution in [0.3, 0.4) is 0 Å². The van der Waals surface area contributed by atoms with Gasteiger partial charge in [-0.2, -0.15) is 0 Å². The smallest absolute Gasteiger partial charge is 0.308 e. The summed E-state index contributed by atoms with van der Waals surface area (Å²) in [7, 11) is 4.69. The van der Waals surface area contributed by atoms with Crippen LogP contribution in [0.15, 0.2) is 22.6 Å². The topological polar surface area (TPSA) is 74.0 Å². The normalized spacial score (nSPS) is 15.6. The van der Waals surface area contributed by atoms with Crippen LogP contribution in [0.2, 0.25) is 0 Å². The molecule has 0 unspecified atom stereocenters. The molecule has 0 saturated carbocycles. The number of benzene rings is 1. The van der Waals surface area contributed by atoms with E-state index in [0.717, 1.165) is 42.9 Å². The average Bonchev–Trinajstić information content (AvgIpc) is 3.07. The molecule has 1 fully saturated rings. The van der Waals surface area contributed by atoms with Gasteiger partial charge in [-0.05, 0) is 51.1 Å². The highest BCUT2D eigenvalue weighted by Crippen LogP contribution is 2.34. The van der Waals surface area contributed by atoms with Gasteiger partial charge in [0, 0.05) is 6.54 Å². The molecule has 7 heteroatoms. The molecule has 0 atom stereocenters. The summed E-state index contributed by atoms with van der Waals surface area (Å²) in [4.78, 5) is 18.7. The molecule has 0 spiro atoms. The lowest BCUT2D eigenvalue weighted by molar-refractivity contribution is -0.147. The van der Waals surface area contributed by atoms with Gasteiger partial charge in [-0.15, -0.1) is 0 Å². The number of piperidine rings is 1. The lowest BCUT2D eigenvalue weighted by Gasteiger charge is -2.29. The molecule has 0 aliphatic carbocycles. The molecule has 27 heavy (non-hydrogen) atoms. The van der Waals surface area contributed by atoms with Gasteiger partial charge in [0.15, 0.2) is 0 Å². The summed E-state index contributed by atoms with van der Waals surface area (Å²) in [6, 6.07) is 5.53. The van der Waals surface area contributed by atoms with Crippen LogP contribution in [0, 0.1) is 12.8 Å². The number of likely N-dealkylation sites (tertiary alicyclic amines) is 1. The predicted octanol–water partition coefficient (Wildman–Crippen LogP) is 3.05. The van der Waals surface area contributed by atoms with Crippen LogP contribution in [-0.2, 0) is 16.1 Å². The monoisotopic (exact) mass is 374 g/mol. The molecule has 1 aliphatic heterocycles. The number of hydrogen-bond acceptors (Lipinski definition) is 7. The fourth-order valence-corrected chi connectivity index (χ4v) is 3.38. The number of methoxy groups -OCH3 is 3. The molecule has 2 aromatic rings. The maximum atomic E-state index is 11.7. The Kier molecular flexibility index (Phi) is 6.01. The number of carbonyl (C=O) groups excluding carboxylic acids is 1. The third kappa shape index (κ3) is 4.24. The summed E-state index contributed by atoms with van der Waals surface area (Å²) in [5.41, 5.74) is 1.65. The minimum atomic E-state index is -0.111. The summed E-state index contributed by atoms with van der Waals surface area (Å²) in [6.07, 6.45) is 1.61. The molecule has 7 nitrogen and oxygen atoms in total. The van der Waals surface area contributed by atoms with E-state index < -0.39 is 0 Å². The van der Waals surface area contributed by atoms with Crippen LogP contribution in [0.4, 0.5) is 0 Å². The first kappa shape index (κ1) is 19.2. The Morgan fingerprint density at radius 1 is 1.22 bits per heavy atom. The fraction of sp³-hybridized carbons (Fsp3) is 0.500. The minimum absolute atomic E-state index is 0.00117. The maximum Gasteiger partial charge on any atom is 0.308 e. The average molecular weight is 374 g/mol. The van der Waals surface area contributed by atoms with Crippen LogP contribution in [0.1, 0.15) is 24.3 Å². The number of esters is 1. The Labute approximate surface area is 159 Å². The van der Waals surface area contributed by atoms with E-state index in [2.05, 4.69) is 4.90 Å². The van der Waals surface area contributed by atoms with Gasteiger partial charge in [0.25, 0.3) is 0 Å². The molecule has 1 aromatic carbocycles. The molecule has 0 amide bonds. The SMILES string of the molecule is COC(=O)C1CCN(Cc2nc(-c3cc(OC)ccc3OC)oc2C)CC1. The third-order valence-corrected chi connectivity index (χ3v) is 5.03. The van der Waals surface area contributed by atoms with Crippen LogP contribution in [0.25, 0.3) is 11.5 Å². The highest BCUT2D eigenvalue weighted by atomic mass is 16.5. The van der Waals surface area contributed by atoms with Crippen molar-refractivity contribution >= 4 is 5.97 Å². The first-order valence-electron chi connectivity index (χ1n) is 9.04. The van der Waals surface area contributed by atoms with E-state index in [1.165, 1.54) is 7.11 Å².